The Bertz CT molecular complexity index is 1450. The number of carbonyl (C=O) groups excluding carboxylic acids is 2. The number of ketones is 1. The first-order valence-electron chi connectivity index (χ1n) is 16.6. The summed E-state index contributed by atoms with van der Waals surface area (Å²) in [6.07, 6.45) is 7.71. The van der Waals surface area contributed by atoms with Crippen molar-refractivity contribution in [1.82, 2.24) is 19.3 Å². The van der Waals surface area contributed by atoms with Gasteiger partial charge in [-0.2, -0.15) is 0 Å². The van der Waals surface area contributed by atoms with E-state index in [4.69, 9.17) is 11.6 Å². The molecule has 4 heterocycles. The Labute approximate surface area is 271 Å². The lowest BCUT2D eigenvalue weighted by molar-refractivity contribution is -0.133. The molecule has 45 heavy (non-hydrogen) atoms. The number of nitrogens with zero attached hydrogens (tertiary/aromatic N) is 5. The Hall–Kier alpha value is -3.20. The number of piperidine rings is 2. The second kappa shape index (κ2) is 14.5. The summed E-state index contributed by atoms with van der Waals surface area (Å²) < 4.78 is 15.6. The lowest BCUT2D eigenvalue weighted by atomic mass is 9.96. The van der Waals surface area contributed by atoms with Gasteiger partial charge in [0.1, 0.15) is 5.82 Å². The van der Waals surface area contributed by atoms with Crippen LogP contribution in [-0.2, 0) is 11.3 Å². The molecule has 1 amide bonds. The first-order chi connectivity index (χ1) is 21.8. The van der Waals surface area contributed by atoms with E-state index >= 15 is 0 Å². The molecule has 3 fully saturated rings. The average Bonchev–Trinajstić information content (AvgIpc) is 3.38. The maximum Gasteiger partial charge on any atom is 0.236 e. The van der Waals surface area contributed by atoms with E-state index in [1.165, 1.54) is 31.4 Å². The normalized spacial score (nSPS) is 18.8. The van der Waals surface area contributed by atoms with Gasteiger partial charge in [-0.15, -0.1) is 0 Å². The van der Waals surface area contributed by atoms with E-state index in [1.54, 1.807) is 12.1 Å². The van der Waals surface area contributed by atoms with Crippen molar-refractivity contribution in [3.8, 4) is 11.3 Å². The largest absolute Gasteiger partial charge is 0.368 e. The van der Waals surface area contributed by atoms with Crippen LogP contribution in [0.25, 0.3) is 11.3 Å². The van der Waals surface area contributed by atoms with E-state index in [2.05, 4.69) is 32.4 Å². The third-order valence-electron chi connectivity index (χ3n) is 9.91. The van der Waals surface area contributed by atoms with Gasteiger partial charge in [0.05, 0.1) is 18.8 Å². The Morgan fingerprint density at radius 3 is 2.11 bits per heavy atom. The fraction of sp³-hybridized carbons (Fsp3) is 0.500. The minimum atomic E-state index is -0.232. The van der Waals surface area contributed by atoms with Crippen LogP contribution in [0.5, 0.6) is 0 Å². The third kappa shape index (κ3) is 7.79. The van der Waals surface area contributed by atoms with E-state index < -0.39 is 0 Å². The number of piperazine rings is 1. The Morgan fingerprint density at radius 1 is 0.800 bits per heavy atom. The first-order valence-corrected chi connectivity index (χ1v) is 16.9. The van der Waals surface area contributed by atoms with Gasteiger partial charge in [-0.3, -0.25) is 19.4 Å². The molecule has 6 rings (SSSR count). The van der Waals surface area contributed by atoms with Crippen molar-refractivity contribution < 1.29 is 14.0 Å². The van der Waals surface area contributed by atoms with Gasteiger partial charge in [0, 0.05) is 55.2 Å². The summed E-state index contributed by atoms with van der Waals surface area (Å²) in [6.45, 7) is 10.6. The zero-order valence-electron chi connectivity index (χ0n) is 26.4. The molecule has 0 aliphatic carbocycles. The van der Waals surface area contributed by atoms with Gasteiger partial charge in [0.25, 0.3) is 0 Å². The van der Waals surface area contributed by atoms with E-state index in [1.807, 2.05) is 29.2 Å². The number of carbonyl (C=O) groups is 2. The van der Waals surface area contributed by atoms with Crippen LogP contribution in [0.15, 0.2) is 54.7 Å². The van der Waals surface area contributed by atoms with E-state index in [-0.39, 0.29) is 17.5 Å². The summed E-state index contributed by atoms with van der Waals surface area (Å²) in [7, 11) is 0. The van der Waals surface area contributed by atoms with Gasteiger partial charge in [-0.25, -0.2) is 4.39 Å². The third-order valence-corrected chi connectivity index (χ3v) is 10.2. The lowest BCUT2D eigenvalue weighted by Crippen LogP contribution is -2.52. The summed E-state index contributed by atoms with van der Waals surface area (Å²) in [5.74, 6) is 0.633. The van der Waals surface area contributed by atoms with Crippen molar-refractivity contribution in [2.75, 3.05) is 70.3 Å². The Kier molecular flexibility index (Phi) is 10.2. The fourth-order valence-electron chi connectivity index (χ4n) is 7.24. The van der Waals surface area contributed by atoms with E-state index in [0.29, 0.717) is 37.1 Å². The zero-order chi connectivity index (χ0) is 31.3. The van der Waals surface area contributed by atoms with Gasteiger partial charge in [-0.05, 0) is 112 Å². The second-order valence-electron chi connectivity index (χ2n) is 13.0. The van der Waals surface area contributed by atoms with Crippen LogP contribution in [-0.4, -0.2) is 96.4 Å². The van der Waals surface area contributed by atoms with Crippen molar-refractivity contribution in [1.29, 1.82) is 0 Å². The molecule has 2 aromatic carbocycles. The Balaban J connectivity index is 1.05. The molecule has 0 bridgehead atoms. The van der Waals surface area contributed by atoms with Crippen LogP contribution < -0.4 is 4.90 Å². The van der Waals surface area contributed by atoms with Crippen LogP contribution in [0.1, 0.15) is 48.0 Å². The maximum atomic E-state index is 13.5. The molecule has 0 atom stereocenters. The van der Waals surface area contributed by atoms with Gasteiger partial charge in [0.15, 0.2) is 5.78 Å². The summed E-state index contributed by atoms with van der Waals surface area (Å²) in [6, 6.07) is 14.5. The van der Waals surface area contributed by atoms with Crippen LogP contribution in [0.3, 0.4) is 0 Å². The Morgan fingerprint density at radius 2 is 1.44 bits per heavy atom. The topological polar surface area (TPSA) is 52.0 Å². The lowest BCUT2D eigenvalue weighted by Gasteiger charge is -2.38. The molecule has 3 saturated heterocycles. The molecule has 7 nitrogen and oxygen atoms in total. The van der Waals surface area contributed by atoms with Crippen molar-refractivity contribution in [2.45, 2.75) is 45.6 Å². The highest BCUT2D eigenvalue weighted by Gasteiger charge is 2.28. The number of anilines is 1. The molecule has 3 aromatic rings. The van der Waals surface area contributed by atoms with Gasteiger partial charge < -0.3 is 14.4 Å². The van der Waals surface area contributed by atoms with Gasteiger partial charge in [0.2, 0.25) is 5.91 Å². The number of aromatic nitrogens is 1. The molecule has 9 heteroatoms. The molecule has 0 N–H and O–H groups in total. The van der Waals surface area contributed by atoms with Crippen molar-refractivity contribution in [3.63, 3.8) is 0 Å². The number of halogens is 2. The molecule has 240 valence electrons. The van der Waals surface area contributed by atoms with Crippen LogP contribution in [0, 0.1) is 18.7 Å². The highest BCUT2D eigenvalue weighted by Crippen LogP contribution is 2.32. The number of hydrogen-bond acceptors (Lipinski definition) is 5. The monoisotopic (exact) mass is 633 g/mol. The van der Waals surface area contributed by atoms with Crippen molar-refractivity contribution >= 4 is 29.0 Å². The van der Waals surface area contributed by atoms with Crippen LogP contribution in [0.4, 0.5) is 10.1 Å². The molecular formula is C36H45ClFN5O2. The predicted octanol–water partition coefficient (Wildman–Crippen LogP) is 5.99. The van der Waals surface area contributed by atoms with E-state index in [9.17, 15) is 14.0 Å². The minimum Gasteiger partial charge on any atom is -0.368 e. The predicted molar refractivity (Wildman–Crippen MR) is 179 cm³/mol. The van der Waals surface area contributed by atoms with Crippen LogP contribution >= 0.6 is 11.6 Å². The molecule has 3 aliphatic heterocycles. The van der Waals surface area contributed by atoms with Crippen molar-refractivity contribution in [2.24, 2.45) is 5.92 Å². The molecule has 3 aliphatic rings. The quantitative estimate of drug-likeness (QED) is 0.271. The second-order valence-corrected chi connectivity index (χ2v) is 13.4. The highest BCUT2D eigenvalue weighted by molar-refractivity contribution is 6.30. The fourth-order valence-corrected chi connectivity index (χ4v) is 7.37. The maximum absolute atomic E-state index is 13.5. The summed E-state index contributed by atoms with van der Waals surface area (Å²) in [4.78, 5) is 35.5. The van der Waals surface area contributed by atoms with Gasteiger partial charge in [-0.1, -0.05) is 30.2 Å². The van der Waals surface area contributed by atoms with Crippen molar-refractivity contribution in [3.05, 3.63) is 76.7 Å². The number of Topliss-reactive ketones (excluding diaryl/α,β-unsaturated/α-hetero) is 1. The smallest absolute Gasteiger partial charge is 0.236 e. The molecule has 1 aromatic heterocycles. The summed E-state index contributed by atoms with van der Waals surface area (Å²) in [5.41, 5.74) is 5.05. The number of benzene rings is 2. The first kappa shape index (κ1) is 31.8. The summed E-state index contributed by atoms with van der Waals surface area (Å²) in [5, 5.41) is 0.701. The molecule has 0 unspecified atom stereocenters. The molecule has 0 spiro atoms. The molecule has 0 saturated carbocycles. The minimum absolute atomic E-state index is 0.190. The molecular weight excluding hydrogens is 589 g/mol. The highest BCUT2D eigenvalue weighted by atomic mass is 35.5. The zero-order valence-corrected chi connectivity index (χ0v) is 27.2. The number of rotatable bonds is 9. The van der Waals surface area contributed by atoms with E-state index in [0.717, 1.165) is 86.7 Å². The van der Waals surface area contributed by atoms with Gasteiger partial charge >= 0.3 is 0 Å². The summed E-state index contributed by atoms with van der Waals surface area (Å²) >= 11 is 6.22. The standard InChI is InChI=1S/C36H45ClFN5O2/c1-27-33(34(44)25-39-15-3-2-4-16-39)24-43(36(27)29-5-7-30(37)8-6-29)23-28-13-17-40(18-14-28)26-35(45)42-21-19-41(20-22-42)32-11-9-31(38)10-12-32/h5-12,24,28H,2-4,13-23,25-26H2,1H3. The average molecular weight is 634 g/mol. The van der Waals surface area contributed by atoms with Crippen LogP contribution in [0.2, 0.25) is 5.02 Å². The molecule has 0 radical (unpaired) electrons. The SMILES string of the molecule is Cc1c(C(=O)CN2CCCCC2)cn(CC2CCN(CC(=O)N3CCN(c4ccc(F)cc4)CC3)CC2)c1-c1ccc(Cl)cc1. The number of amides is 1. The number of hydrogen-bond donors (Lipinski definition) is 0. The number of likely N-dealkylation sites (tertiary alicyclic amines) is 2.